The third kappa shape index (κ3) is 2.90. The molecule has 94 valence electrons. The van der Waals surface area contributed by atoms with Gasteiger partial charge in [-0.15, -0.1) is 0 Å². The Hall–Kier alpha value is -1.80. The summed E-state index contributed by atoms with van der Waals surface area (Å²) < 4.78 is 5.87. The van der Waals surface area contributed by atoms with Crippen LogP contribution in [0.1, 0.15) is 22.3 Å². The van der Waals surface area contributed by atoms with E-state index in [1.807, 2.05) is 56.3 Å². The molecule has 0 heterocycles. The summed E-state index contributed by atoms with van der Waals surface area (Å²) in [6, 6.07) is 14.0. The molecule has 0 amide bonds. The Morgan fingerprint density at radius 3 is 2.11 bits per heavy atom. The number of ether oxygens (including phenoxy) is 1. The van der Waals surface area contributed by atoms with Gasteiger partial charge >= 0.3 is 0 Å². The van der Waals surface area contributed by atoms with Gasteiger partial charge in [0.05, 0.1) is 6.61 Å². The molecule has 0 atom stereocenters. The van der Waals surface area contributed by atoms with Gasteiger partial charge < -0.3 is 9.84 Å². The maximum atomic E-state index is 9.14. The Bertz CT molecular complexity index is 495. The maximum Gasteiger partial charge on any atom is 0.125 e. The molecule has 0 saturated heterocycles. The van der Waals surface area contributed by atoms with Gasteiger partial charge in [-0.25, -0.2) is 0 Å². The summed E-state index contributed by atoms with van der Waals surface area (Å²) in [5, 5.41) is 9.14. The molecule has 0 radical (unpaired) electrons. The monoisotopic (exact) mass is 242 g/mol. The molecule has 18 heavy (non-hydrogen) atoms. The Labute approximate surface area is 108 Å². The lowest BCUT2D eigenvalue weighted by Crippen LogP contribution is -2.00. The first-order chi connectivity index (χ1) is 8.70. The second kappa shape index (κ2) is 5.69. The molecule has 0 aliphatic rings. The van der Waals surface area contributed by atoms with Crippen molar-refractivity contribution >= 4 is 0 Å². The fourth-order valence-electron chi connectivity index (χ4n) is 2.09. The van der Waals surface area contributed by atoms with Crippen molar-refractivity contribution in [1.29, 1.82) is 0 Å². The fraction of sp³-hybridized carbons (Fsp3) is 0.250. The van der Waals surface area contributed by atoms with E-state index in [-0.39, 0.29) is 6.61 Å². The summed E-state index contributed by atoms with van der Waals surface area (Å²) in [6.45, 7) is 4.65. The molecular weight excluding hydrogens is 224 g/mol. The average Bonchev–Trinajstić information content (AvgIpc) is 2.38. The quantitative estimate of drug-likeness (QED) is 0.890. The van der Waals surface area contributed by atoms with Crippen LogP contribution in [0.15, 0.2) is 42.5 Å². The zero-order chi connectivity index (χ0) is 13.0. The highest BCUT2D eigenvalue weighted by Gasteiger charge is 2.06. The molecule has 2 heteroatoms. The van der Waals surface area contributed by atoms with Crippen LogP contribution in [0.4, 0.5) is 0 Å². The maximum absolute atomic E-state index is 9.14. The molecule has 2 rings (SSSR count). The van der Waals surface area contributed by atoms with Gasteiger partial charge in [0.25, 0.3) is 0 Å². The normalized spacial score (nSPS) is 10.4. The van der Waals surface area contributed by atoms with E-state index in [0.29, 0.717) is 6.61 Å². The topological polar surface area (TPSA) is 29.5 Å². The number of aliphatic hydroxyl groups excluding tert-OH is 1. The van der Waals surface area contributed by atoms with Gasteiger partial charge in [-0.05, 0) is 36.1 Å². The van der Waals surface area contributed by atoms with Gasteiger partial charge in [0.1, 0.15) is 12.4 Å². The van der Waals surface area contributed by atoms with Crippen LogP contribution >= 0.6 is 0 Å². The highest BCUT2D eigenvalue weighted by Crippen LogP contribution is 2.25. The van der Waals surface area contributed by atoms with E-state index < -0.39 is 0 Å². The van der Waals surface area contributed by atoms with Crippen LogP contribution < -0.4 is 4.74 Å². The van der Waals surface area contributed by atoms with Crippen LogP contribution in [0.5, 0.6) is 5.75 Å². The number of benzene rings is 2. The minimum atomic E-state index is 0.0701. The summed E-state index contributed by atoms with van der Waals surface area (Å²) >= 11 is 0. The first-order valence-corrected chi connectivity index (χ1v) is 6.08. The van der Waals surface area contributed by atoms with Gasteiger partial charge in [0, 0.05) is 0 Å². The van der Waals surface area contributed by atoms with Crippen molar-refractivity contribution in [3.63, 3.8) is 0 Å². The summed E-state index contributed by atoms with van der Waals surface area (Å²) in [7, 11) is 0. The van der Waals surface area contributed by atoms with Crippen molar-refractivity contribution in [3.05, 3.63) is 64.7 Å². The third-order valence-electron chi connectivity index (χ3n) is 2.93. The highest BCUT2D eigenvalue weighted by atomic mass is 16.5. The Morgan fingerprint density at radius 2 is 1.56 bits per heavy atom. The minimum Gasteiger partial charge on any atom is -0.488 e. The van der Waals surface area contributed by atoms with Crippen LogP contribution in [-0.4, -0.2) is 5.11 Å². The lowest BCUT2D eigenvalue weighted by molar-refractivity contribution is 0.280. The van der Waals surface area contributed by atoms with Crippen LogP contribution in [0, 0.1) is 13.8 Å². The number of hydrogen-bond donors (Lipinski definition) is 1. The summed E-state index contributed by atoms with van der Waals surface area (Å²) in [5.41, 5.74) is 4.21. The molecule has 0 fully saturated rings. The predicted octanol–water partition coefficient (Wildman–Crippen LogP) is 3.37. The van der Waals surface area contributed by atoms with Gasteiger partial charge in [-0.3, -0.25) is 0 Å². The summed E-state index contributed by atoms with van der Waals surface area (Å²) in [5.74, 6) is 0.913. The highest BCUT2D eigenvalue weighted by molar-refractivity contribution is 5.43. The Balaban J connectivity index is 2.15. The number of aryl methyl sites for hydroxylation is 2. The standard InChI is InChI=1S/C16H18O2/c1-12-8-15(10-17)9-13(2)16(12)18-11-14-6-4-3-5-7-14/h3-9,17H,10-11H2,1-2H3. The van der Waals surface area contributed by atoms with Crippen molar-refractivity contribution in [3.8, 4) is 5.75 Å². The van der Waals surface area contributed by atoms with Crippen molar-refractivity contribution in [1.82, 2.24) is 0 Å². The summed E-state index contributed by atoms with van der Waals surface area (Å²) in [4.78, 5) is 0. The summed E-state index contributed by atoms with van der Waals surface area (Å²) in [6.07, 6.45) is 0. The Kier molecular flexibility index (Phi) is 4.00. The second-order valence-electron chi connectivity index (χ2n) is 4.49. The van der Waals surface area contributed by atoms with Gasteiger partial charge in [0.15, 0.2) is 0 Å². The lowest BCUT2D eigenvalue weighted by atomic mass is 10.1. The van der Waals surface area contributed by atoms with E-state index in [4.69, 9.17) is 9.84 Å². The molecule has 0 aliphatic heterocycles. The fourth-order valence-corrected chi connectivity index (χ4v) is 2.09. The molecule has 1 N–H and O–H groups in total. The smallest absolute Gasteiger partial charge is 0.125 e. The number of rotatable bonds is 4. The van der Waals surface area contributed by atoms with Gasteiger partial charge in [0.2, 0.25) is 0 Å². The minimum absolute atomic E-state index is 0.0701. The molecule has 0 aliphatic carbocycles. The van der Waals surface area contributed by atoms with E-state index in [0.717, 1.165) is 28.0 Å². The first-order valence-electron chi connectivity index (χ1n) is 6.08. The van der Waals surface area contributed by atoms with Crippen molar-refractivity contribution in [2.45, 2.75) is 27.1 Å². The van der Waals surface area contributed by atoms with Crippen molar-refractivity contribution in [2.24, 2.45) is 0 Å². The molecule has 0 unspecified atom stereocenters. The van der Waals surface area contributed by atoms with Crippen LogP contribution in [0.25, 0.3) is 0 Å². The molecule has 0 bridgehead atoms. The molecule has 2 aromatic rings. The van der Waals surface area contributed by atoms with Crippen LogP contribution in [0.3, 0.4) is 0 Å². The van der Waals surface area contributed by atoms with Gasteiger partial charge in [-0.1, -0.05) is 42.5 Å². The predicted molar refractivity (Wildman–Crippen MR) is 72.6 cm³/mol. The van der Waals surface area contributed by atoms with E-state index in [1.165, 1.54) is 0 Å². The molecule has 0 saturated carbocycles. The number of aliphatic hydroxyl groups is 1. The average molecular weight is 242 g/mol. The second-order valence-corrected chi connectivity index (χ2v) is 4.49. The molecule has 0 spiro atoms. The largest absolute Gasteiger partial charge is 0.488 e. The van der Waals surface area contributed by atoms with Crippen LogP contribution in [0.2, 0.25) is 0 Å². The van der Waals surface area contributed by atoms with Crippen molar-refractivity contribution < 1.29 is 9.84 Å². The lowest BCUT2D eigenvalue weighted by Gasteiger charge is -2.13. The van der Waals surface area contributed by atoms with E-state index in [1.54, 1.807) is 0 Å². The van der Waals surface area contributed by atoms with Crippen LogP contribution in [-0.2, 0) is 13.2 Å². The van der Waals surface area contributed by atoms with E-state index in [9.17, 15) is 0 Å². The zero-order valence-corrected chi connectivity index (χ0v) is 10.8. The number of hydrogen-bond acceptors (Lipinski definition) is 2. The van der Waals surface area contributed by atoms with Crippen molar-refractivity contribution in [2.75, 3.05) is 0 Å². The molecule has 2 aromatic carbocycles. The molecule has 0 aromatic heterocycles. The third-order valence-corrected chi connectivity index (χ3v) is 2.93. The molecular formula is C16H18O2. The zero-order valence-electron chi connectivity index (χ0n) is 10.8. The Morgan fingerprint density at radius 1 is 0.944 bits per heavy atom. The van der Waals surface area contributed by atoms with Gasteiger partial charge in [-0.2, -0.15) is 0 Å². The van der Waals surface area contributed by atoms with E-state index >= 15 is 0 Å². The molecule has 2 nitrogen and oxygen atoms in total. The SMILES string of the molecule is Cc1cc(CO)cc(C)c1OCc1ccccc1. The van der Waals surface area contributed by atoms with E-state index in [2.05, 4.69) is 0 Å². The first kappa shape index (κ1) is 12.7.